The van der Waals surface area contributed by atoms with Crippen LogP contribution in [0, 0.1) is 0 Å². The maximum atomic E-state index is 11.9. The van der Waals surface area contributed by atoms with E-state index in [1.165, 1.54) is 11.3 Å². The number of carbonyl (C=O) groups is 2. The SMILES string of the molecule is O=C(NC(C(=O)CBr)c1cccs1)OCc1ccccc1. The molecule has 1 amide bonds. The number of alkyl halides is 1. The summed E-state index contributed by atoms with van der Waals surface area (Å²) in [6.45, 7) is 0.173. The normalized spacial score (nSPS) is 11.7. The summed E-state index contributed by atoms with van der Waals surface area (Å²) in [6, 6.07) is 12.4. The molecule has 2 aromatic rings. The highest BCUT2D eigenvalue weighted by atomic mass is 79.9. The van der Waals surface area contributed by atoms with E-state index in [1.807, 2.05) is 47.8 Å². The second-order valence-electron chi connectivity index (χ2n) is 4.25. The van der Waals surface area contributed by atoms with Crippen molar-refractivity contribution in [1.29, 1.82) is 0 Å². The second-order valence-corrected chi connectivity index (χ2v) is 5.79. The zero-order chi connectivity index (χ0) is 15.1. The Labute approximate surface area is 135 Å². The highest BCUT2D eigenvalue weighted by molar-refractivity contribution is 9.09. The molecule has 110 valence electrons. The predicted molar refractivity (Wildman–Crippen MR) is 85.6 cm³/mol. The van der Waals surface area contributed by atoms with Crippen molar-refractivity contribution in [2.45, 2.75) is 12.6 Å². The summed E-state index contributed by atoms with van der Waals surface area (Å²) in [5, 5.41) is 4.65. The van der Waals surface area contributed by atoms with Gasteiger partial charge in [-0.15, -0.1) is 11.3 Å². The van der Waals surface area contributed by atoms with Gasteiger partial charge < -0.3 is 10.1 Å². The Hall–Kier alpha value is -1.66. The van der Waals surface area contributed by atoms with Gasteiger partial charge in [0.15, 0.2) is 5.78 Å². The van der Waals surface area contributed by atoms with Gasteiger partial charge in [0.25, 0.3) is 0 Å². The number of hydrogen-bond donors (Lipinski definition) is 1. The first-order valence-corrected chi connectivity index (χ1v) is 8.30. The molecular formula is C15H14BrNO3S. The number of carbonyl (C=O) groups excluding carboxylic acids is 2. The van der Waals surface area contributed by atoms with Crippen molar-refractivity contribution in [2.24, 2.45) is 0 Å². The van der Waals surface area contributed by atoms with Crippen LogP contribution in [0.2, 0.25) is 0 Å². The highest BCUT2D eigenvalue weighted by Gasteiger charge is 2.23. The lowest BCUT2D eigenvalue weighted by Crippen LogP contribution is -2.34. The van der Waals surface area contributed by atoms with Crippen LogP contribution in [0.4, 0.5) is 4.79 Å². The fourth-order valence-corrected chi connectivity index (χ4v) is 2.85. The summed E-state index contributed by atoms with van der Waals surface area (Å²) in [5.74, 6) is -0.117. The number of rotatable bonds is 6. The van der Waals surface area contributed by atoms with E-state index < -0.39 is 12.1 Å². The van der Waals surface area contributed by atoms with E-state index in [2.05, 4.69) is 21.2 Å². The molecule has 4 nitrogen and oxygen atoms in total. The molecule has 1 aromatic carbocycles. The first-order chi connectivity index (χ1) is 10.2. The molecule has 0 bridgehead atoms. The summed E-state index contributed by atoms with van der Waals surface area (Å²) in [7, 11) is 0. The van der Waals surface area contributed by atoms with Crippen LogP contribution in [-0.2, 0) is 16.1 Å². The monoisotopic (exact) mass is 367 g/mol. The van der Waals surface area contributed by atoms with Gasteiger partial charge >= 0.3 is 6.09 Å². The quantitative estimate of drug-likeness (QED) is 0.792. The van der Waals surface area contributed by atoms with E-state index >= 15 is 0 Å². The van der Waals surface area contributed by atoms with Crippen LogP contribution < -0.4 is 5.32 Å². The number of benzene rings is 1. The van der Waals surface area contributed by atoms with Gasteiger partial charge in [0.2, 0.25) is 0 Å². The van der Waals surface area contributed by atoms with E-state index in [1.54, 1.807) is 0 Å². The fourth-order valence-electron chi connectivity index (χ4n) is 1.73. The number of hydrogen-bond acceptors (Lipinski definition) is 4. The molecule has 0 aliphatic heterocycles. The Kier molecular flexibility index (Phi) is 5.95. The average Bonchev–Trinajstić information content (AvgIpc) is 3.05. The topological polar surface area (TPSA) is 55.4 Å². The van der Waals surface area contributed by atoms with Gasteiger partial charge in [-0.25, -0.2) is 4.79 Å². The molecule has 0 radical (unpaired) electrons. The standard InChI is InChI=1S/C15H14BrNO3S/c16-9-12(18)14(13-7-4-8-21-13)17-15(19)20-10-11-5-2-1-3-6-11/h1-8,14H,9-10H2,(H,17,19). The maximum absolute atomic E-state index is 11.9. The minimum atomic E-state index is -0.673. The van der Waals surface area contributed by atoms with Crippen LogP contribution in [0.25, 0.3) is 0 Å². The van der Waals surface area contributed by atoms with E-state index in [-0.39, 0.29) is 17.7 Å². The number of nitrogens with one attached hydrogen (secondary N) is 1. The number of ketones is 1. The van der Waals surface area contributed by atoms with Crippen molar-refractivity contribution < 1.29 is 14.3 Å². The van der Waals surface area contributed by atoms with Crippen molar-refractivity contribution >= 4 is 39.1 Å². The van der Waals surface area contributed by atoms with Gasteiger partial charge in [-0.05, 0) is 17.0 Å². The average molecular weight is 368 g/mol. The predicted octanol–water partition coefficient (Wildman–Crippen LogP) is 3.68. The summed E-state index contributed by atoms with van der Waals surface area (Å²) >= 11 is 4.55. The molecule has 6 heteroatoms. The van der Waals surface area contributed by atoms with Gasteiger partial charge in [0, 0.05) is 4.88 Å². The van der Waals surface area contributed by atoms with Gasteiger partial charge in [0.05, 0.1) is 5.33 Å². The molecule has 1 N–H and O–H groups in total. The number of amides is 1. The third kappa shape index (κ3) is 4.68. The molecule has 0 fully saturated rings. The Morgan fingerprint density at radius 1 is 1.19 bits per heavy atom. The lowest BCUT2D eigenvalue weighted by Gasteiger charge is -2.15. The Balaban J connectivity index is 1.94. The summed E-state index contributed by atoms with van der Waals surface area (Å²) < 4.78 is 5.14. The summed E-state index contributed by atoms with van der Waals surface area (Å²) in [6.07, 6.45) is -0.605. The van der Waals surface area contributed by atoms with Crippen LogP contribution in [0.15, 0.2) is 47.8 Å². The number of alkyl carbamates (subject to hydrolysis) is 1. The minimum absolute atomic E-state index is 0.117. The zero-order valence-electron chi connectivity index (χ0n) is 11.1. The van der Waals surface area contributed by atoms with E-state index in [9.17, 15) is 9.59 Å². The molecule has 0 saturated heterocycles. The summed E-state index contributed by atoms with van der Waals surface area (Å²) in [4.78, 5) is 24.5. The van der Waals surface area contributed by atoms with Gasteiger partial charge in [-0.2, -0.15) is 0 Å². The van der Waals surface area contributed by atoms with Crippen molar-refractivity contribution in [3.8, 4) is 0 Å². The van der Waals surface area contributed by atoms with Crippen LogP contribution >= 0.6 is 27.3 Å². The van der Waals surface area contributed by atoms with Crippen molar-refractivity contribution in [1.82, 2.24) is 5.32 Å². The first-order valence-electron chi connectivity index (χ1n) is 6.30. The Bertz CT molecular complexity index is 586. The minimum Gasteiger partial charge on any atom is -0.445 e. The smallest absolute Gasteiger partial charge is 0.408 e. The molecule has 0 aliphatic carbocycles. The Morgan fingerprint density at radius 3 is 2.57 bits per heavy atom. The van der Waals surface area contributed by atoms with E-state index in [0.717, 1.165) is 10.4 Å². The number of halogens is 1. The first kappa shape index (κ1) is 15.7. The molecule has 1 unspecified atom stereocenters. The molecule has 1 heterocycles. The fraction of sp³-hybridized carbons (Fsp3) is 0.200. The second kappa shape index (κ2) is 7.95. The molecular weight excluding hydrogens is 354 g/mol. The molecule has 2 rings (SSSR count). The number of ether oxygens (including phenoxy) is 1. The van der Waals surface area contributed by atoms with E-state index in [4.69, 9.17) is 4.74 Å². The molecule has 0 saturated carbocycles. The van der Waals surface area contributed by atoms with Crippen molar-refractivity contribution in [3.63, 3.8) is 0 Å². The zero-order valence-corrected chi connectivity index (χ0v) is 13.5. The van der Waals surface area contributed by atoms with Crippen molar-refractivity contribution in [3.05, 3.63) is 58.3 Å². The lowest BCUT2D eigenvalue weighted by molar-refractivity contribution is -0.118. The lowest BCUT2D eigenvalue weighted by atomic mass is 10.2. The van der Waals surface area contributed by atoms with Crippen LogP contribution in [0.3, 0.4) is 0 Å². The van der Waals surface area contributed by atoms with Crippen LogP contribution in [-0.4, -0.2) is 17.2 Å². The maximum Gasteiger partial charge on any atom is 0.408 e. The largest absolute Gasteiger partial charge is 0.445 e. The highest BCUT2D eigenvalue weighted by Crippen LogP contribution is 2.20. The molecule has 0 aliphatic rings. The molecule has 1 atom stereocenters. The molecule has 21 heavy (non-hydrogen) atoms. The van der Waals surface area contributed by atoms with Crippen LogP contribution in [0.1, 0.15) is 16.5 Å². The van der Waals surface area contributed by atoms with Gasteiger partial charge in [-0.3, -0.25) is 4.79 Å². The van der Waals surface area contributed by atoms with Crippen LogP contribution in [0.5, 0.6) is 0 Å². The van der Waals surface area contributed by atoms with Gasteiger partial charge in [-0.1, -0.05) is 52.3 Å². The van der Waals surface area contributed by atoms with Gasteiger partial charge in [0.1, 0.15) is 12.6 Å². The number of Topliss-reactive ketones (excluding diaryl/α,β-unsaturated/α-hetero) is 1. The number of thiophene rings is 1. The molecule has 0 spiro atoms. The third-order valence-corrected chi connectivity index (χ3v) is 4.25. The van der Waals surface area contributed by atoms with E-state index in [0.29, 0.717) is 0 Å². The molecule has 1 aromatic heterocycles. The third-order valence-electron chi connectivity index (χ3n) is 2.76. The summed E-state index contributed by atoms with van der Waals surface area (Å²) in [5.41, 5.74) is 0.896. The Morgan fingerprint density at radius 2 is 1.95 bits per heavy atom. The van der Waals surface area contributed by atoms with Crippen molar-refractivity contribution in [2.75, 3.05) is 5.33 Å².